The highest BCUT2D eigenvalue weighted by molar-refractivity contribution is 9.10. The van der Waals surface area contributed by atoms with Gasteiger partial charge in [0.15, 0.2) is 11.4 Å². The van der Waals surface area contributed by atoms with Crippen molar-refractivity contribution in [3.05, 3.63) is 64.1 Å². The summed E-state index contributed by atoms with van der Waals surface area (Å²) in [4.78, 5) is 24.9. The minimum atomic E-state index is -1.87. The Kier molecular flexibility index (Phi) is 3.62. The number of Topliss-reactive ketones (excluding diaryl/α,β-unsaturated/α-hetero) is 1. The van der Waals surface area contributed by atoms with E-state index in [4.69, 9.17) is 0 Å². The Morgan fingerprint density at radius 3 is 2.59 bits per heavy atom. The first-order chi connectivity index (χ1) is 10.4. The largest absolute Gasteiger partial charge is 0.375 e. The average Bonchev–Trinajstić information content (AvgIpc) is 2.79. The summed E-state index contributed by atoms with van der Waals surface area (Å²) in [6, 6.07) is 13.8. The molecule has 0 aliphatic carbocycles. The fraction of sp³-hybridized carbons (Fsp3) is 0.176. The number of nitrogens with one attached hydrogen (secondary N) is 1. The van der Waals surface area contributed by atoms with Gasteiger partial charge in [-0.2, -0.15) is 0 Å². The number of ketones is 1. The van der Waals surface area contributed by atoms with Gasteiger partial charge in [0.05, 0.1) is 5.92 Å². The lowest BCUT2D eigenvalue weighted by atomic mass is 9.79. The molecule has 0 bridgehead atoms. The van der Waals surface area contributed by atoms with Gasteiger partial charge in [0.25, 0.3) is 5.91 Å². The van der Waals surface area contributed by atoms with Crippen LogP contribution in [0.25, 0.3) is 0 Å². The fourth-order valence-electron chi connectivity index (χ4n) is 2.75. The van der Waals surface area contributed by atoms with E-state index in [1.165, 1.54) is 0 Å². The van der Waals surface area contributed by atoms with E-state index in [0.29, 0.717) is 16.8 Å². The average molecular weight is 360 g/mol. The molecule has 0 radical (unpaired) electrons. The van der Waals surface area contributed by atoms with Crippen molar-refractivity contribution >= 4 is 33.3 Å². The molecule has 2 aromatic rings. The van der Waals surface area contributed by atoms with Crippen molar-refractivity contribution in [1.29, 1.82) is 0 Å². The Hall–Kier alpha value is -1.98. The van der Waals surface area contributed by atoms with Gasteiger partial charge in [-0.05, 0) is 18.2 Å². The quantitative estimate of drug-likeness (QED) is 0.827. The molecule has 5 heteroatoms. The van der Waals surface area contributed by atoms with Crippen molar-refractivity contribution in [3.8, 4) is 0 Å². The minimum Gasteiger partial charge on any atom is -0.375 e. The summed E-state index contributed by atoms with van der Waals surface area (Å²) in [7, 11) is 0. The number of rotatable bonds is 3. The van der Waals surface area contributed by atoms with Crippen LogP contribution >= 0.6 is 15.9 Å². The molecule has 0 fully saturated rings. The predicted octanol–water partition coefficient (Wildman–Crippen LogP) is 3.11. The maximum Gasteiger partial charge on any atom is 0.261 e. The smallest absolute Gasteiger partial charge is 0.261 e. The Balaban J connectivity index is 2.05. The topological polar surface area (TPSA) is 66.4 Å². The van der Waals surface area contributed by atoms with E-state index in [1.54, 1.807) is 49.4 Å². The van der Waals surface area contributed by atoms with E-state index < -0.39 is 17.4 Å². The molecule has 1 aliphatic rings. The number of benzene rings is 2. The summed E-state index contributed by atoms with van der Waals surface area (Å²) in [5, 5.41) is 13.6. The van der Waals surface area contributed by atoms with Crippen LogP contribution in [0.3, 0.4) is 0 Å². The number of anilines is 1. The van der Waals surface area contributed by atoms with Gasteiger partial charge >= 0.3 is 0 Å². The summed E-state index contributed by atoms with van der Waals surface area (Å²) < 4.78 is 0.737. The molecular formula is C17H14BrNO3. The third kappa shape index (κ3) is 2.17. The second-order valence-corrected chi connectivity index (χ2v) is 6.28. The molecule has 0 unspecified atom stereocenters. The molecule has 2 atom stereocenters. The molecule has 22 heavy (non-hydrogen) atoms. The Bertz CT molecular complexity index is 760. The van der Waals surface area contributed by atoms with Gasteiger partial charge in [0.2, 0.25) is 0 Å². The first-order valence-electron chi connectivity index (χ1n) is 6.87. The zero-order valence-electron chi connectivity index (χ0n) is 11.8. The molecule has 2 N–H and O–H groups in total. The van der Waals surface area contributed by atoms with Gasteiger partial charge in [0.1, 0.15) is 0 Å². The van der Waals surface area contributed by atoms with E-state index in [-0.39, 0.29) is 5.78 Å². The number of carbonyl (C=O) groups is 2. The third-order valence-electron chi connectivity index (χ3n) is 4.06. The van der Waals surface area contributed by atoms with E-state index in [1.807, 2.05) is 6.07 Å². The summed E-state index contributed by atoms with van der Waals surface area (Å²) >= 11 is 3.33. The Labute approximate surface area is 136 Å². The number of halogens is 1. The summed E-state index contributed by atoms with van der Waals surface area (Å²) in [5.41, 5.74) is -0.446. The molecule has 0 saturated carbocycles. The summed E-state index contributed by atoms with van der Waals surface area (Å²) in [6.45, 7) is 1.57. The fourth-order valence-corrected chi connectivity index (χ4v) is 3.11. The molecule has 0 saturated heterocycles. The lowest BCUT2D eigenvalue weighted by Gasteiger charge is -2.27. The molecule has 3 rings (SSSR count). The number of fused-ring (bicyclic) bond motifs is 1. The number of amides is 1. The zero-order valence-corrected chi connectivity index (χ0v) is 13.4. The van der Waals surface area contributed by atoms with Crippen LogP contribution < -0.4 is 5.32 Å². The van der Waals surface area contributed by atoms with Crippen molar-refractivity contribution in [3.63, 3.8) is 0 Å². The normalized spacial score (nSPS) is 21.1. The van der Waals surface area contributed by atoms with Crippen LogP contribution in [-0.2, 0) is 10.4 Å². The Morgan fingerprint density at radius 2 is 1.91 bits per heavy atom. The highest BCUT2D eigenvalue weighted by Gasteiger charge is 2.52. The molecule has 112 valence electrons. The second kappa shape index (κ2) is 5.34. The van der Waals surface area contributed by atoms with Gasteiger partial charge in [0, 0.05) is 21.3 Å². The summed E-state index contributed by atoms with van der Waals surface area (Å²) in [5.74, 6) is -1.74. The monoisotopic (exact) mass is 359 g/mol. The molecule has 4 nitrogen and oxygen atoms in total. The maximum absolute atomic E-state index is 12.6. The van der Waals surface area contributed by atoms with Crippen LogP contribution in [0.5, 0.6) is 0 Å². The van der Waals surface area contributed by atoms with Gasteiger partial charge in [-0.25, -0.2) is 0 Å². The molecule has 1 heterocycles. The lowest BCUT2D eigenvalue weighted by Crippen LogP contribution is -2.44. The Morgan fingerprint density at radius 1 is 1.23 bits per heavy atom. The zero-order chi connectivity index (χ0) is 15.9. The van der Waals surface area contributed by atoms with Crippen LogP contribution in [0.4, 0.5) is 5.69 Å². The van der Waals surface area contributed by atoms with E-state index in [9.17, 15) is 14.7 Å². The minimum absolute atomic E-state index is 0.272. The van der Waals surface area contributed by atoms with Gasteiger partial charge in [-0.15, -0.1) is 0 Å². The lowest BCUT2D eigenvalue weighted by molar-refractivity contribution is -0.137. The van der Waals surface area contributed by atoms with Gasteiger partial charge in [-0.3, -0.25) is 9.59 Å². The van der Waals surface area contributed by atoms with Crippen LogP contribution in [0.1, 0.15) is 22.8 Å². The standard InChI is InChI=1S/C17H14BrNO3/c1-10(15(20)11-5-3-2-4-6-11)17(22)13-9-12(18)7-8-14(13)19-16(17)21/h2-10,22H,1H3,(H,19,21)/t10-,17-/m0/s1. The van der Waals surface area contributed by atoms with Crippen molar-refractivity contribution in [2.45, 2.75) is 12.5 Å². The van der Waals surface area contributed by atoms with Crippen LogP contribution in [-0.4, -0.2) is 16.8 Å². The number of hydrogen-bond acceptors (Lipinski definition) is 3. The molecule has 0 spiro atoms. The van der Waals surface area contributed by atoms with Crippen LogP contribution in [0.2, 0.25) is 0 Å². The van der Waals surface area contributed by atoms with Gasteiger partial charge < -0.3 is 10.4 Å². The number of carbonyl (C=O) groups excluding carboxylic acids is 2. The second-order valence-electron chi connectivity index (χ2n) is 5.36. The maximum atomic E-state index is 12.6. The van der Waals surface area contributed by atoms with Crippen molar-refractivity contribution < 1.29 is 14.7 Å². The van der Waals surface area contributed by atoms with Crippen molar-refractivity contribution in [1.82, 2.24) is 0 Å². The van der Waals surface area contributed by atoms with Crippen molar-refractivity contribution in [2.24, 2.45) is 5.92 Å². The highest BCUT2D eigenvalue weighted by atomic mass is 79.9. The van der Waals surface area contributed by atoms with Crippen molar-refractivity contribution in [2.75, 3.05) is 5.32 Å². The number of hydrogen-bond donors (Lipinski definition) is 2. The first kappa shape index (κ1) is 14.9. The molecular weight excluding hydrogens is 346 g/mol. The van der Waals surface area contributed by atoms with E-state index >= 15 is 0 Å². The molecule has 2 aromatic carbocycles. The third-order valence-corrected chi connectivity index (χ3v) is 4.56. The first-order valence-corrected chi connectivity index (χ1v) is 7.67. The van der Waals surface area contributed by atoms with Crippen LogP contribution in [0.15, 0.2) is 53.0 Å². The number of aliphatic hydroxyl groups is 1. The SMILES string of the molecule is C[C@@H](C(=O)c1ccccc1)[C@@]1(O)C(=O)Nc2ccc(Br)cc21. The van der Waals surface area contributed by atoms with Crippen LogP contribution in [0, 0.1) is 5.92 Å². The highest BCUT2D eigenvalue weighted by Crippen LogP contribution is 2.43. The van der Waals surface area contributed by atoms with Gasteiger partial charge in [-0.1, -0.05) is 53.2 Å². The predicted molar refractivity (Wildman–Crippen MR) is 86.6 cm³/mol. The molecule has 1 amide bonds. The van der Waals surface area contributed by atoms with E-state index in [2.05, 4.69) is 21.2 Å². The van der Waals surface area contributed by atoms with E-state index in [0.717, 1.165) is 4.47 Å². The summed E-state index contributed by atoms with van der Waals surface area (Å²) in [6.07, 6.45) is 0. The molecule has 1 aliphatic heterocycles. The molecule has 0 aromatic heterocycles.